The number of aryl methyl sites for hydroxylation is 2. The van der Waals surface area contributed by atoms with Crippen LogP contribution in [0, 0.1) is 25.2 Å². The lowest BCUT2D eigenvalue weighted by molar-refractivity contribution is 0.476. The Hall–Kier alpha value is -1.75. The van der Waals surface area contributed by atoms with E-state index in [1.165, 1.54) is 0 Å². The zero-order valence-corrected chi connectivity index (χ0v) is 7.70. The zero-order valence-electron chi connectivity index (χ0n) is 7.70. The maximum Gasteiger partial charge on any atom is 0.103 e. The summed E-state index contributed by atoms with van der Waals surface area (Å²) in [5.74, 6) is 0. The van der Waals surface area contributed by atoms with Crippen molar-refractivity contribution in [1.29, 1.82) is 5.26 Å². The molecule has 0 radical (unpaired) electrons. The van der Waals surface area contributed by atoms with Crippen LogP contribution in [-0.2, 0) is 0 Å². The van der Waals surface area contributed by atoms with Gasteiger partial charge in [0.2, 0.25) is 0 Å². The number of hydrogen-bond acceptors (Lipinski definition) is 2. The Morgan fingerprint density at radius 1 is 1.46 bits per heavy atom. The summed E-state index contributed by atoms with van der Waals surface area (Å²) in [5.41, 5.74) is 3.24. The summed E-state index contributed by atoms with van der Waals surface area (Å²) in [6.45, 7) is 3.91. The van der Waals surface area contributed by atoms with Crippen molar-refractivity contribution in [2.75, 3.05) is 0 Å². The lowest BCUT2D eigenvalue weighted by atomic mass is 10.0. The first-order valence-electron chi connectivity index (χ1n) is 4.01. The largest absolute Gasteiger partial charge is 0.514 e. The maximum atomic E-state index is 8.79. The van der Waals surface area contributed by atoms with Crippen molar-refractivity contribution in [3.8, 4) is 6.07 Å². The van der Waals surface area contributed by atoms with E-state index in [-0.39, 0.29) is 0 Å². The third kappa shape index (κ3) is 1.88. The molecule has 0 aliphatic carbocycles. The molecule has 1 rings (SSSR count). The van der Waals surface area contributed by atoms with Gasteiger partial charge in [0.1, 0.15) is 6.07 Å². The molecule has 0 amide bonds. The Balaban J connectivity index is 3.25. The van der Waals surface area contributed by atoms with Crippen LogP contribution in [-0.4, -0.2) is 5.11 Å². The summed E-state index contributed by atoms with van der Waals surface area (Å²) in [5, 5.41) is 17.5. The molecule has 0 bridgehead atoms. The van der Waals surface area contributed by atoms with E-state index in [1.54, 1.807) is 0 Å². The maximum absolute atomic E-state index is 8.79. The minimum atomic E-state index is 0.303. The summed E-state index contributed by atoms with van der Waals surface area (Å²) in [6.07, 6.45) is 0.845. The molecule has 0 atom stereocenters. The van der Waals surface area contributed by atoms with Crippen LogP contribution >= 0.6 is 0 Å². The van der Waals surface area contributed by atoms with Gasteiger partial charge in [0.15, 0.2) is 0 Å². The number of allylic oxidation sites excluding steroid dienone is 1. The molecule has 1 aromatic carbocycles. The van der Waals surface area contributed by atoms with Crippen LogP contribution in [0.1, 0.15) is 16.7 Å². The van der Waals surface area contributed by atoms with Gasteiger partial charge in [-0.3, -0.25) is 0 Å². The van der Waals surface area contributed by atoms with Crippen LogP contribution in [0.5, 0.6) is 0 Å². The Morgan fingerprint density at radius 3 is 2.62 bits per heavy atom. The monoisotopic (exact) mass is 173 g/mol. The SMILES string of the molecule is Cc1ccc(/C(C#N)=C/O)c(C)c1. The molecule has 0 fully saturated rings. The lowest BCUT2D eigenvalue weighted by Crippen LogP contribution is -1.87. The fourth-order valence-corrected chi connectivity index (χ4v) is 1.27. The molecule has 0 saturated heterocycles. The van der Waals surface area contributed by atoms with Gasteiger partial charge in [-0.1, -0.05) is 23.8 Å². The number of nitriles is 1. The van der Waals surface area contributed by atoms with Gasteiger partial charge in [0.25, 0.3) is 0 Å². The summed E-state index contributed by atoms with van der Waals surface area (Å²) in [4.78, 5) is 0. The van der Waals surface area contributed by atoms with Crippen molar-refractivity contribution in [2.45, 2.75) is 13.8 Å². The van der Waals surface area contributed by atoms with Gasteiger partial charge in [-0.05, 0) is 25.0 Å². The predicted octanol–water partition coefficient (Wildman–Crippen LogP) is 2.73. The highest BCUT2D eigenvalue weighted by molar-refractivity contribution is 5.77. The quantitative estimate of drug-likeness (QED) is 0.524. The minimum absolute atomic E-state index is 0.303. The first-order chi connectivity index (χ1) is 6.19. The molecule has 1 N–H and O–H groups in total. The molecule has 13 heavy (non-hydrogen) atoms. The van der Waals surface area contributed by atoms with E-state index in [9.17, 15) is 0 Å². The van der Waals surface area contributed by atoms with Gasteiger partial charge in [-0.25, -0.2) is 0 Å². The van der Waals surface area contributed by atoms with Crippen molar-refractivity contribution >= 4 is 5.57 Å². The highest BCUT2D eigenvalue weighted by Crippen LogP contribution is 2.18. The Labute approximate surface area is 77.8 Å². The van der Waals surface area contributed by atoms with Gasteiger partial charge in [0.05, 0.1) is 11.8 Å². The lowest BCUT2D eigenvalue weighted by Gasteiger charge is -2.03. The number of nitrogens with zero attached hydrogens (tertiary/aromatic N) is 1. The number of aliphatic hydroxyl groups excluding tert-OH is 1. The molecule has 0 unspecified atom stereocenters. The second-order valence-electron chi connectivity index (χ2n) is 2.97. The molecular formula is C11H11NO. The van der Waals surface area contributed by atoms with Crippen molar-refractivity contribution < 1.29 is 5.11 Å². The second-order valence-corrected chi connectivity index (χ2v) is 2.97. The first-order valence-corrected chi connectivity index (χ1v) is 4.01. The molecule has 0 aliphatic rings. The molecule has 66 valence electrons. The summed E-state index contributed by atoms with van der Waals surface area (Å²) < 4.78 is 0. The van der Waals surface area contributed by atoms with E-state index in [0.29, 0.717) is 5.57 Å². The van der Waals surface area contributed by atoms with Crippen molar-refractivity contribution in [3.05, 3.63) is 41.2 Å². The second kappa shape index (κ2) is 3.77. The van der Waals surface area contributed by atoms with Crippen LogP contribution in [0.25, 0.3) is 5.57 Å². The molecule has 0 aliphatic heterocycles. The predicted molar refractivity (Wildman–Crippen MR) is 52.1 cm³/mol. The molecule has 0 aromatic heterocycles. The zero-order chi connectivity index (χ0) is 9.84. The summed E-state index contributed by atoms with van der Waals surface area (Å²) >= 11 is 0. The van der Waals surface area contributed by atoms with Gasteiger partial charge < -0.3 is 5.11 Å². The van der Waals surface area contributed by atoms with Gasteiger partial charge in [-0.15, -0.1) is 0 Å². The molecule has 2 heteroatoms. The van der Waals surface area contributed by atoms with Crippen LogP contribution in [0.3, 0.4) is 0 Å². The average Bonchev–Trinajstić information content (AvgIpc) is 2.10. The Morgan fingerprint density at radius 2 is 2.15 bits per heavy atom. The van der Waals surface area contributed by atoms with E-state index in [4.69, 9.17) is 10.4 Å². The number of hydrogen-bond donors (Lipinski definition) is 1. The normalized spacial score (nSPS) is 11.0. The average molecular weight is 173 g/mol. The van der Waals surface area contributed by atoms with Gasteiger partial charge in [-0.2, -0.15) is 5.26 Å². The topological polar surface area (TPSA) is 44.0 Å². The van der Waals surface area contributed by atoms with Crippen molar-refractivity contribution in [2.24, 2.45) is 0 Å². The first kappa shape index (κ1) is 9.34. The van der Waals surface area contributed by atoms with Gasteiger partial charge in [0, 0.05) is 0 Å². The summed E-state index contributed by atoms with van der Waals surface area (Å²) in [6, 6.07) is 7.68. The van der Waals surface area contributed by atoms with Crippen LogP contribution in [0.4, 0.5) is 0 Å². The molecule has 0 spiro atoms. The van der Waals surface area contributed by atoms with E-state index < -0.39 is 0 Å². The van der Waals surface area contributed by atoms with Crippen LogP contribution in [0.15, 0.2) is 24.5 Å². The number of aliphatic hydroxyl groups is 1. The molecule has 1 aromatic rings. The van der Waals surface area contributed by atoms with Crippen molar-refractivity contribution in [3.63, 3.8) is 0 Å². The third-order valence-corrected chi connectivity index (χ3v) is 1.92. The number of benzene rings is 1. The fourth-order valence-electron chi connectivity index (χ4n) is 1.27. The number of rotatable bonds is 1. The molecule has 0 heterocycles. The van der Waals surface area contributed by atoms with E-state index in [1.807, 2.05) is 38.1 Å². The molecule has 2 nitrogen and oxygen atoms in total. The smallest absolute Gasteiger partial charge is 0.103 e. The standard InChI is InChI=1S/C11H11NO/c1-8-3-4-11(9(2)5-8)10(6-12)7-13/h3-5,7,13H,1-2H3/b10-7+. The van der Waals surface area contributed by atoms with E-state index in [0.717, 1.165) is 23.0 Å². The Kier molecular flexibility index (Phi) is 2.71. The van der Waals surface area contributed by atoms with E-state index in [2.05, 4.69) is 0 Å². The Bertz CT molecular complexity index is 386. The van der Waals surface area contributed by atoms with Crippen LogP contribution < -0.4 is 0 Å². The molecule has 0 saturated carbocycles. The van der Waals surface area contributed by atoms with Crippen LogP contribution in [0.2, 0.25) is 0 Å². The fraction of sp³-hybridized carbons (Fsp3) is 0.182. The van der Waals surface area contributed by atoms with Crippen molar-refractivity contribution in [1.82, 2.24) is 0 Å². The highest BCUT2D eigenvalue weighted by Gasteiger charge is 2.03. The third-order valence-electron chi connectivity index (χ3n) is 1.92. The summed E-state index contributed by atoms with van der Waals surface area (Å²) in [7, 11) is 0. The molecular weight excluding hydrogens is 162 g/mol. The van der Waals surface area contributed by atoms with Gasteiger partial charge >= 0.3 is 0 Å². The van der Waals surface area contributed by atoms with E-state index >= 15 is 0 Å². The minimum Gasteiger partial charge on any atom is -0.514 e. The highest BCUT2D eigenvalue weighted by atomic mass is 16.2.